The van der Waals surface area contributed by atoms with Crippen LogP contribution in [0.15, 0.2) is 29.2 Å². The topological polar surface area (TPSA) is 74.7 Å². The Kier molecular flexibility index (Phi) is 7.78. The summed E-state index contributed by atoms with van der Waals surface area (Å²) in [5, 5.41) is 3.77. The molecule has 172 valence electrons. The number of carbonyl (C=O) groups is 1. The molecular formula is C23H36N4O3S. The van der Waals surface area contributed by atoms with E-state index < -0.39 is 10.0 Å². The quantitative estimate of drug-likeness (QED) is 0.599. The molecule has 1 atom stereocenters. The summed E-state index contributed by atoms with van der Waals surface area (Å²) in [5.41, 5.74) is 1.38. The van der Waals surface area contributed by atoms with Gasteiger partial charge < -0.3 is 14.8 Å². The molecule has 1 aromatic heterocycles. The number of fused-ring (bicyclic) bond motifs is 1. The normalized spacial score (nSPS) is 18.0. The second-order valence-electron chi connectivity index (χ2n) is 8.56. The minimum absolute atomic E-state index is 0.126. The number of nitrogens with zero attached hydrogens (tertiary/aromatic N) is 3. The number of hydrogen-bond acceptors (Lipinski definition) is 4. The summed E-state index contributed by atoms with van der Waals surface area (Å²) < 4.78 is 28.9. The maximum atomic E-state index is 12.8. The summed E-state index contributed by atoms with van der Waals surface area (Å²) >= 11 is 0. The monoisotopic (exact) mass is 448 g/mol. The number of benzene rings is 1. The molecule has 1 N–H and O–H groups in total. The van der Waals surface area contributed by atoms with Gasteiger partial charge in [0.15, 0.2) is 0 Å². The third kappa shape index (κ3) is 5.30. The Bertz CT molecular complexity index is 1010. The first-order valence-corrected chi connectivity index (χ1v) is 12.8. The number of aromatic nitrogens is 1. The van der Waals surface area contributed by atoms with Gasteiger partial charge in [-0.2, -0.15) is 4.31 Å². The SMILES string of the molecule is CCN(CC)S(=O)(=O)c1ccc2c(c1)cc(C(=O)NCCCN1CCC[C@@H](C)C1)n2C. The second kappa shape index (κ2) is 10.1. The lowest BCUT2D eigenvalue weighted by atomic mass is 10.0. The number of carbonyl (C=O) groups excluding carboxylic acids is 1. The number of nitrogens with one attached hydrogen (secondary N) is 1. The Morgan fingerprint density at radius 2 is 1.97 bits per heavy atom. The van der Waals surface area contributed by atoms with Crippen LogP contribution in [0.2, 0.25) is 0 Å². The van der Waals surface area contributed by atoms with Crippen molar-refractivity contribution in [1.29, 1.82) is 0 Å². The summed E-state index contributed by atoms with van der Waals surface area (Å²) in [4.78, 5) is 15.5. The van der Waals surface area contributed by atoms with Crippen molar-refractivity contribution in [3.05, 3.63) is 30.0 Å². The van der Waals surface area contributed by atoms with E-state index in [0.717, 1.165) is 42.9 Å². The van der Waals surface area contributed by atoms with E-state index in [1.807, 2.05) is 25.5 Å². The van der Waals surface area contributed by atoms with Crippen LogP contribution in [0.5, 0.6) is 0 Å². The lowest BCUT2D eigenvalue weighted by molar-refractivity contribution is 0.0942. The maximum Gasteiger partial charge on any atom is 0.267 e. The molecule has 0 spiro atoms. The summed E-state index contributed by atoms with van der Waals surface area (Å²) in [6.45, 7) is 10.8. The molecule has 1 saturated heterocycles. The third-order valence-electron chi connectivity index (χ3n) is 6.27. The van der Waals surface area contributed by atoms with Gasteiger partial charge in [-0.1, -0.05) is 20.8 Å². The largest absolute Gasteiger partial charge is 0.351 e. The van der Waals surface area contributed by atoms with Crippen LogP contribution < -0.4 is 5.32 Å². The lowest BCUT2D eigenvalue weighted by Crippen LogP contribution is -2.36. The highest BCUT2D eigenvalue weighted by Crippen LogP contribution is 2.24. The first-order chi connectivity index (χ1) is 14.8. The molecule has 1 aliphatic rings. The van der Waals surface area contributed by atoms with Crippen LogP contribution in [0.3, 0.4) is 0 Å². The van der Waals surface area contributed by atoms with Crippen LogP contribution in [0.1, 0.15) is 50.5 Å². The first-order valence-electron chi connectivity index (χ1n) is 11.4. The van der Waals surface area contributed by atoms with Gasteiger partial charge in [-0.05, 0) is 62.5 Å². The minimum Gasteiger partial charge on any atom is -0.351 e. The molecule has 7 nitrogen and oxygen atoms in total. The molecule has 3 rings (SSSR count). The fourth-order valence-corrected chi connectivity index (χ4v) is 6.00. The van der Waals surface area contributed by atoms with E-state index in [1.165, 1.54) is 17.1 Å². The van der Waals surface area contributed by atoms with Gasteiger partial charge in [-0.15, -0.1) is 0 Å². The highest BCUT2D eigenvalue weighted by molar-refractivity contribution is 7.89. The zero-order chi connectivity index (χ0) is 22.6. The van der Waals surface area contributed by atoms with E-state index >= 15 is 0 Å². The number of sulfonamides is 1. The fourth-order valence-electron chi connectivity index (χ4n) is 4.50. The van der Waals surface area contributed by atoms with Crippen molar-refractivity contribution in [3.63, 3.8) is 0 Å². The van der Waals surface area contributed by atoms with Crippen LogP contribution in [0, 0.1) is 5.92 Å². The molecule has 0 radical (unpaired) electrons. The highest BCUT2D eigenvalue weighted by Gasteiger charge is 2.23. The first kappa shape index (κ1) is 23.8. The van der Waals surface area contributed by atoms with Crippen LogP contribution in [0.4, 0.5) is 0 Å². The molecule has 0 unspecified atom stereocenters. The van der Waals surface area contributed by atoms with Crippen molar-refractivity contribution in [1.82, 2.24) is 19.1 Å². The zero-order valence-corrected chi connectivity index (χ0v) is 20.0. The van der Waals surface area contributed by atoms with Gasteiger partial charge in [-0.25, -0.2) is 8.42 Å². The molecule has 2 heterocycles. The van der Waals surface area contributed by atoms with Gasteiger partial charge >= 0.3 is 0 Å². The Labute approximate surface area is 186 Å². The number of rotatable bonds is 9. The van der Waals surface area contributed by atoms with Crippen LogP contribution in [0.25, 0.3) is 10.9 Å². The number of piperidine rings is 1. The molecule has 1 aliphatic heterocycles. The van der Waals surface area contributed by atoms with Gasteiger partial charge in [0.25, 0.3) is 5.91 Å². The smallest absolute Gasteiger partial charge is 0.267 e. The standard InChI is InChI=1S/C23H36N4O3S/c1-5-27(6-2)31(29,30)20-10-11-21-19(15-20)16-22(25(21)4)23(28)24-12-8-14-26-13-7-9-18(3)17-26/h10-11,15-16,18H,5-9,12-14,17H2,1-4H3,(H,24,28)/t18-/m1/s1. The molecule has 0 bridgehead atoms. The van der Waals surface area contributed by atoms with E-state index in [1.54, 1.807) is 24.3 Å². The van der Waals surface area contributed by atoms with Gasteiger partial charge in [0.2, 0.25) is 10.0 Å². The van der Waals surface area contributed by atoms with Gasteiger partial charge in [0.05, 0.1) is 4.90 Å². The molecule has 1 aromatic carbocycles. The van der Waals surface area contributed by atoms with E-state index in [4.69, 9.17) is 0 Å². The zero-order valence-electron chi connectivity index (χ0n) is 19.2. The average molecular weight is 449 g/mol. The van der Waals surface area contributed by atoms with Crippen molar-refractivity contribution in [2.75, 3.05) is 39.3 Å². The predicted molar refractivity (Wildman–Crippen MR) is 125 cm³/mol. The average Bonchev–Trinajstić information content (AvgIpc) is 3.08. The number of hydrogen-bond donors (Lipinski definition) is 1. The van der Waals surface area contributed by atoms with E-state index in [-0.39, 0.29) is 10.8 Å². The van der Waals surface area contributed by atoms with E-state index in [9.17, 15) is 13.2 Å². The van der Waals surface area contributed by atoms with Crippen molar-refractivity contribution in [2.45, 2.75) is 44.9 Å². The van der Waals surface area contributed by atoms with Gasteiger partial charge in [-0.3, -0.25) is 4.79 Å². The number of likely N-dealkylation sites (tertiary alicyclic amines) is 1. The number of amides is 1. The van der Waals surface area contributed by atoms with E-state index in [0.29, 0.717) is 25.3 Å². The molecule has 2 aromatic rings. The molecule has 0 saturated carbocycles. The second-order valence-corrected chi connectivity index (χ2v) is 10.5. The Hall–Kier alpha value is -1.90. The molecule has 1 amide bonds. The Balaban J connectivity index is 1.66. The summed E-state index contributed by atoms with van der Waals surface area (Å²) in [7, 11) is -1.69. The van der Waals surface area contributed by atoms with Crippen molar-refractivity contribution in [2.24, 2.45) is 13.0 Å². The molecule has 0 aliphatic carbocycles. The summed E-state index contributed by atoms with van der Waals surface area (Å²) in [6.07, 6.45) is 3.50. The third-order valence-corrected chi connectivity index (χ3v) is 8.31. The van der Waals surface area contributed by atoms with E-state index in [2.05, 4.69) is 17.1 Å². The van der Waals surface area contributed by atoms with Crippen molar-refractivity contribution >= 4 is 26.8 Å². The van der Waals surface area contributed by atoms with Crippen LogP contribution in [-0.2, 0) is 17.1 Å². The molecule has 8 heteroatoms. The van der Waals surface area contributed by atoms with Gasteiger partial charge in [0, 0.05) is 44.1 Å². The molecule has 1 fully saturated rings. The molecular weight excluding hydrogens is 412 g/mol. The minimum atomic E-state index is -3.53. The van der Waals surface area contributed by atoms with Crippen LogP contribution >= 0.6 is 0 Å². The Morgan fingerprint density at radius 1 is 1.23 bits per heavy atom. The number of aryl methyl sites for hydroxylation is 1. The van der Waals surface area contributed by atoms with Gasteiger partial charge in [0.1, 0.15) is 5.69 Å². The lowest BCUT2D eigenvalue weighted by Gasteiger charge is -2.30. The summed E-state index contributed by atoms with van der Waals surface area (Å²) in [6, 6.07) is 6.84. The Morgan fingerprint density at radius 3 is 2.65 bits per heavy atom. The molecule has 31 heavy (non-hydrogen) atoms. The maximum absolute atomic E-state index is 12.8. The highest BCUT2D eigenvalue weighted by atomic mass is 32.2. The fraction of sp³-hybridized carbons (Fsp3) is 0.609. The van der Waals surface area contributed by atoms with Crippen LogP contribution in [-0.4, -0.2) is 67.4 Å². The van der Waals surface area contributed by atoms with Crippen molar-refractivity contribution in [3.8, 4) is 0 Å². The predicted octanol–water partition coefficient (Wildman–Crippen LogP) is 3.06. The van der Waals surface area contributed by atoms with Crippen molar-refractivity contribution < 1.29 is 13.2 Å². The summed E-state index contributed by atoms with van der Waals surface area (Å²) in [5.74, 6) is 0.633.